The molecule has 4 N–H and O–H groups in total. The minimum absolute atomic E-state index is 0.0667. The van der Waals surface area contributed by atoms with Crippen molar-refractivity contribution in [2.24, 2.45) is 5.73 Å². The summed E-state index contributed by atoms with van der Waals surface area (Å²) in [6.45, 7) is 3.99. The Bertz CT molecular complexity index is 487. The zero-order valence-electron chi connectivity index (χ0n) is 12.7. The molecule has 0 aliphatic carbocycles. The van der Waals surface area contributed by atoms with Gasteiger partial charge in [0.25, 0.3) is 11.8 Å². The number of carbonyl (C=O) groups excluding carboxylic acids is 2. The molecule has 2 unspecified atom stereocenters. The van der Waals surface area contributed by atoms with Crippen LogP contribution in [0.4, 0.5) is 5.69 Å². The number of nitrogens with one attached hydrogen (secondary N) is 2. The Kier molecular flexibility index (Phi) is 6.84. The first kappa shape index (κ1) is 17.1. The fourth-order valence-corrected chi connectivity index (χ4v) is 1.72. The zero-order valence-corrected chi connectivity index (χ0v) is 12.7. The summed E-state index contributed by atoms with van der Waals surface area (Å²) in [7, 11) is 1.42. The second-order valence-electron chi connectivity index (χ2n) is 4.78. The fourth-order valence-electron chi connectivity index (χ4n) is 1.72. The Hall–Kier alpha value is -1.92. The van der Waals surface area contributed by atoms with Gasteiger partial charge in [-0.2, -0.15) is 0 Å². The smallest absolute Gasteiger partial charge is 0.254 e. The lowest BCUT2D eigenvalue weighted by Gasteiger charge is -2.17. The first-order valence-corrected chi connectivity index (χ1v) is 6.97. The first-order chi connectivity index (χ1) is 10.0. The van der Waals surface area contributed by atoms with Crippen molar-refractivity contribution in [3.63, 3.8) is 0 Å². The van der Waals surface area contributed by atoms with E-state index in [1.165, 1.54) is 7.11 Å². The van der Waals surface area contributed by atoms with Gasteiger partial charge in [0.15, 0.2) is 0 Å². The van der Waals surface area contributed by atoms with Crippen LogP contribution in [0.3, 0.4) is 0 Å². The van der Waals surface area contributed by atoms with Crippen LogP contribution in [-0.4, -0.2) is 37.6 Å². The maximum Gasteiger partial charge on any atom is 0.254 e. The van der Waals surface area contributed by atoms with Gasteiger partial charge in [-0.15, -0.1) is 0 Å². The number of anilines is 1. The largest absolute Gasteiger partial charge is 0.370 e. The molecule has 0 heterocycles. The van der Waals surface area contributed by atoms with Crippen LogP contribution < -0.4 is 16.4 Å². The summed E-state index contributed by atoms with van der Waals surface area (Å²) in [5.41, 5.74) is 6.31. The van der Waals surface area contributed by atoms with Crippen LogP contribution in [0.5, 0.6) is 0 Å². The van der Waals surface area contributed by atoms with E-state index in [1.54, 1.807) is 24.3 Å². The lowest BCUT2D eigenvalue weighted by Crippen LogP contribution is -2.37. The van der Waals surface area contributed by atoms with E-state index in [2.05, 4.69) is 10.6 Å². The molecule has 1 rings (SSSR count). The summed E-state index contributed by atoms with van der Waals surface area (Å²) in [4.78, 5) is 24.2. The highest BCUT2D eigenvalue weighted by atomic mass is 16.5. The van der Waals surface area contributed by atoms with Gasteiger partial charge in [0.1, 0.15) is 6.10 Å². The zero-order chi connectivity index (χ0) is 15.8. The lowest BCUT2D eigenvalue weighted by atomic mass is 10.1. The van der Waals surface area contributed by atoms with Gasteiger partial charge in [0.2, 0.25) is 0 Å². The second-order valence-corrected chi connectivity index (χ2v) is 4.78. The maximum atomic E-state index is 12.2. The second kappa shape index (κ2) is 8.39. The molecule has 1 aromatic carbocycles. The van der Waals surface area contributed by atoms with Crippen LogP contribution in [0.25, 0.3) is 0 Å². The van der Waals surface area contributed by atoms with Gasteiger partial charge in [-0.3, -0.25) is 9.59 Å². The SMILES string of the molecule is CCC(C)NC(=O)c1ccccc1NC(=O)C(CN)OC. The van der Waals surface area contributed by atoms with Gasteiger partial charge in [0.05, 0.1) is 11.3 Å². The standard InChI is InChI=1S/C15H23N3O3/c1-4-10(2)17-14(19)11-7-5-6-8-12(11)18-15(20)13(9-16)21-3/h5-8,10,13H,4,9,16H2,1-3H3,(H,17,19)(H,18,20). The van der Waals surface area contributed by atoms with E-state index >= 15 is 0 Å². The molecule has 116 valence electrons. The Morgan fingerprint density at radius 2 is 2.00 bits per heavy atom. The predicted molar refractivity (Wildman–Crippen MR) is 82.1 cm³/mol. The average Bonchev–Trinajstić information content (AvgIpc) is 2.48. The molecule has 0 saturated carbocycles. The third-order valence-electron chi connectivity index (χ3n) is 3.21. The Morgan fingerprint density at radius 3 is 2.57 bits per heavy atom. The van der Waals surface area contributed by atoms with Crippen molar-refractivity contribution in [1.29, 1.82) is 0 Å². The summed E-state index contributed by atoms with van der Waals surface area (Å²) < 4.78 is 4.98. The highest BCUT2D eigenvalue weighted by Crippen LogP contribution is 2.16. The lowest BCUT2D eigenvalue weighted by molar-refractivity contribution is -0.125. The molecule has 6 heteroatoms. The van der Waals surface area contributed by atoms with Crippen molar-refractivity contribution in [3.05, 3.63) is 29.8 Å². The molecule has 6 nitrogen and oxygen atoms in total. The van der Waals surface area contributed by atoms with E-state index in [1.807, 2.05) is 13.8 Å². The topological polar surface area (TPSA) is 93.5 Å². The van der Waals surface area contributed by atoms with Crippen LogP contribution >= 0.6 is 0 Å². The van der Waals surface area contributed by atoms with E-state index < -0.39 is 6.10 Å². The Morgan fingerprint density at radius 1 is 1.33 bits per heavy atom. The minimum atomic E-state index is -0.740. The Labute approximate surface area is 125 Å². The van der Waals surface area contributed by atoms with Gasteiger partial charge in [-0.05, 0) is 25.5 Å². The number of carbonyl (C=O) groups is 2. The average molecular weight is 293 g/mol. The molecule has 0 fully saturated rings. The number of benzene rings is 1. The number of methoxy groups -OCH3 is 1. The van der Waals surface area contributed by atoms with Crippen LogP contribution in [-0.2, 0) is 9.53 Å². The van der Waals surface area contributed by atoms with Crippen LogP contribution in [0.15, 0.2) is 24.3 Å². The maximum absolute atomic E-state index is 12.2. The molecule has 21 heavy (non-hydrogen) atoms. The molecule has 0 aliphatic rings. The van der Waals surface area contributed by atoms with Crippen molar-refractivity contribution in [3.8, 4) is 0 Å². The monoisotopic (exact) mass is 293 g/mol. The van der Waals surface area contributed by atoms with Gasteiger partial charge in [-0.1, -0.05) is 19.1 Å². The first-order valence-electron chi connectivity index (χ1n) is 6.97. The number of hydrogen-bond donors (Lipinski definition) is 3. The fraction of sp³-hybridized carbons (Fsp3) is 0.467. The van der Waals surface area contributed by atoms with E-state index in [-0.39, 0.29) is 24.4 Å². The summed E-state index contributed by atoms with van der Waals surface area (Å²) >= 11 is 0. The molecule has 0 spiro atoms. The molecule has 0 aromatic heterocycles. The molecule has 0 bridgehead atoms. The summed E-state index contributed by atoms with van der Waals surface area (Å²) in [6, 6.07) is 6.90. The van der Waals surface area contributed by atoms with Crippen molar-refractivity contribution in [2.45, 2.75) is 32.4 Å². The number of hydrogen-bond acceptors (Lipinski definition) is 4. The van der Waals surface area contributed by atoms with Crippen molar-refractivity contribution >= 4 is 17.5 Å². The van der Waals surface area contributed by atoms with Crippen LogP contribution in [0.2, 0.25) is 0 Å². The molecule has 2 amide bonds. The molecule has 0 aliphatic heterocycles. The number of para-hydroxylation sites is 1. The molecule has 0 saturated heterocycles. The molecule has 2 atom stereocenters. The molecule has 1 aromatic rings. The van der Waals surface area contributed by atoms with Gasteiger partial charge >= 0.3 is 0 Å². The van der Waals surface area contributed by atoms with Crippen molar-refractivity contribution in [1.82, 2.24) is 5.32 Å². The van der Waals surface area contributed by atoms with Crippen molar-refractivity contribution in [2.75, 3.05) is 19.0 Å². The molecular weight excluding hydrogens is 270 g/mol. The number of ether oxygens (including phenoxy) is 1. The highest BCUT2D eigenvalue weighted by Gasteiger charge is 2.19. The summed E-state index contributed by atoms with van der Waals surface area (Å²) in [5.74, 6) is -0.592. The van der Waals surface area contributed by atoms with E-state index in [9.17, 15) is 9.59 Å². The Balaban J connectivity index is 2.89. The normalized spacial score (nSPS) is 13.3. The molecule has 0 radical (unpaired) electrons. The van der Waals surface area contributed by atoms with Gasteiger partial charge in [-0.25, -0.2) is 0 Å². The van der Waals surface area contributed by atoms with E-state index in [4.69, 9.17) is 10.5 Å². The van der Waals surface area contributed by atoms with Gasteiger partial charge in [0, 0.05) is 19.7 Å². The number of nitrogens with two attached hydrogens (primary N) is 1. The predicted octanol–water partition coefficient (Wildman–Crippen LogP) is 1.13. The minimum Gasteiger partial charge on any atom is -0.370 e. The molecular formula is C15H23N3O3. The van der Waals surface area contributed by atoms with Gasteiger partial charge < -0.3 is 21.1 Å². The van der Waals surface area contributed by atoms with Crippen LogP contribution in [0, 0.1) is 0 Å². The third kappa shape index (κ3) is 4.84. The summed E-state index contributed by atoms with van der Waals surface area (Å²) in [5, 5.41) is 5.55. The van der Waals surface area contributed by atoms with Crippen molar-refractivity contribution < 1.29 is 14.3 Å². The number of rotatable bonds is 7. The van der Waals surface area contributed by atoms with Crippen LogP contribution in [0.1, 0.15) is 30.6 Å². The highest BCUT2D eigenvalue weighted by molar-refractivity contribution is 6.04. The van der Waals surface area contributed by atoms with E-state index in [0.717, 1.165) is 6.42 Å². The third-order valence-corrected chi connectivity index (χ3v) is 3.21. The summed E-state index contributed by atoms with van der Waals surface area (Å²) in [6.07, 6.45) is 0.0924. The quantitative estimate of drug-likeness (QED) is 0.702. The number of amides is 2. The van der Waals surface area contributed by atoms with E-state index in [0.29, 0.717) is 11.3 Å².